The average Bonchev–Trinajstić information content (AvgIpc) is 2.56. The minimum Gasteiger partial charge on any atom is -0.508 e. The molecule has 0 bridgehead atoms. The van der Waals surface area contributed by atoms with Gasteiger partial charge in [-0.25, -0.2) is 0 Å². The summed E-state index contributed by atoms with van der Waals surface area (Å²) in [5, 5.41) is 20.1. The monoisotopic (exact) mass is 233 g/mol. The Bertz CT molecular complexity index is 526. The van der Waals surface area contributed by atoms with E-state index in [4.69, 9.17) is 0 Å². The maximum atomic E-state index is 9.56. The molecule has 0 amide bonds. The number of phenolic OH excluding ortho intramolecular Hbond substituents is 1. The molecule has 0 saturated carbocycles. The first kappa shape index (κ1) is 12.0. The zero-order valence-electron chi connectivity index (χ0n) is 10.5. The van der Waals surface area contributed by atoms with Gasteiger partial charge in [-0.15, -0.1) is 0 Å². The second kappa shape index (κ2) is 4.41. The quantitative estimate of drug-likeness (QED) is 0.856. The molecule has 1 aromatic heterocycles. The summed E-state index contributed by atoms with van der Waals surface area (Å²) in [5.41, 5.74) is 2.19. The van der Waals surface area contributed by atoms with Crippen molar-refractivity contribution in [2.24, 2.45) is 0 Å². The van der Waals surface area contributed by atoms with Crippen molar-refractivity contribution in [3.63, 3.8) is 0 Å². The summed E-state index contributed by atoms with van der Waals surface area (Å²) >= 11 is 0. The standard InChI is InChI=1S/C14H19NO2/c1-9(2)15-8-11(6-10(3)16)13-7-12(17)4-5-14(13)15/h4-5,7-10,16-17H,6H2,1-3H3. The van der Waals surface area contributed by atoms with E-state index in [9.17, 15) is 10.2 Å². The van der Waals surface area contributed by atoms with Crippen molar-refractivity contribution in [1.82, 2.24) is 4.57 Å². The van der Waals surface area contributed by atoms with Gasteiger partial charge in [-0.3, -0.25) is 0 Å². The third kappa shape index (κ3) is 2.29. The number of hydrogen-bond acceptors (Lipinski definition) is 2. The van der Waals surface area contributed by atoms with Gasteiger partial charge in [-0.05, 0) is 44.5 Å². The minimum absolute atomic E-state index is 0.269. The Labute approximate surface area is 101 Å². The SMILES string of the molecule is CC(O)Cc1cn(C(C)C)c2ccc(O)cc12. The number of hydrogen-bond donors (Lipinski definition) is 2. The largest absolute Gasteiger partial charge is 0.508 e. The Morgan fingerprint density at radius 1 is 1.24 bits per heavy atom. The van der Waals surface area contributed by atoms with Crippen LogP contribution >= 0.6 is 0 Å². The number of aliphatic hydroxyl groups is 1. The third-order valence-corrected chi connectivity index (χ3v) is 2.97. The number of phenols is 1. The van der Waals surface area contributed by atoms with E-state index in [1.807, 2.05) is 6.07 Å². The van der Waals surface area contributed by atoms with E-state index in [0.29, 0.717) is 12.5 Å². The highest BCUT2D eigenvalue weighted by atomic mass is 16.3. The summed E-state index contributed by atoms with van der Waals surface area (Å²) in [5.74, 6) is 0.269. The molecule has 2 N–H and O–H groups in total. The molecule has 0 aliphatic heterocycles. The molecule has 1 aromatic carbocycles. The van der Waals surface area contributed by atoms with Gasteiger partial charge in [0.05, 0.1) is 6.10 Å². The summed E-state index contributed by atoms with van der Waals surface area (Å²) in [6.07, 6.45) is 2.31. The number of rotatable bonds is 3. The molecule has 2 aromatic rings. The van der Waals surface area contributed by atoms with Gasteiger partial charge in [0.25, 0.3) is 0 Å². The van der Waals surface area contributed by atoms with Crippen LogP contribution in [0.2, 0.25) is 0 Å². The van der Waals surface area contributed by atoms with E-state index < -0.39 is 0 Å². The van der Waals surface area contributed by atoms with Crippen molar-refractivity contribution in [2.75, 3.05) is 0 Å². The number of benzene rings is 1. The van der Waals surface area contributed by atoms with Gasteiger partial charge in [0, 0.05) is 29.6 Å². The lowest BCUT2D eigenvalue weighted by Gasteiger charge is -2.08. The van der Waals surface area contributed by atoms with E-state index >= 15 is 0 Å². The molecule has 1 unspecified atom stereocenters. The van der Waals surface area contributed by atoms with Gasteiger partial charge in [0.15, 0.2) is 0 Å². The Morgan fingerprint density at radius 2 is 1.94 bits per heavy atom. The van der Waals surface area contributed by atoms with Crippen LogP contribution in [0.1, 0.15) is 32.4 Å². The Balaban J connectivity index is 2.62. The molecule has 2 rings (SSSR count). The summed E-state index contributed by atoms with van der Waals surface area (Å²) in [6.45, 7) is 6.03. The first-order valence-electron chi connectivity index (χ1n) is 5.99. The molecule has 0 aliphatic carbocycles. The summed E-state index contributed by atoms with van der Waals surface area (Å²) in [6, 6.07) is 5.76. The number of fused-ring (bicyclic) bond motifs is 1. The van der Waals surface area contributed by atoms with Crippen LogP contribution in [0.4, 0.5) is 0 Å². The molecule has 0 spiro atoms. The number of aliphatic hydroxyl groups excluding tert-OH is 1. The van der Waals surface area contributed by atoms with Crippen LogP contribution in [0.5, 0.6) is 5.75 Å². The van der Waals surface area contributed by atoms with Crippen molar-refractivity contribution in [1.29, 1.82) is 0 Å². The molecule has 3 heteroatoms. The van der Waals surface area contributed by atoms with Crippen LogP contribution in [-0.4, -0.2) is 20.9 Å². The molecule has 3 nitrogen and oxygen atoms in total. The number of aromatic hydroxyl groups is 1. The fraction of sp³-hybridized carbons (Fsp3) is 0.429. The maximum absolute atomic E-state index is 9.56. The first-order valence-corrected chi connectivity index (χ1v) is 5.99. The van der Waals surface area contributed by atoms with Crippen LogP contribution in [-0.2, 0) is 6.42 Å². The van der Waals surface area contributed by atoms with Crippen LogP contribution in [0, 0.1) is 0 Å². The number of aromatic nitrogens is 1. The lowest BCUT2D eigenvalue weighted by Crippen LogP contribution is -2.03. The van der Waals surface area contributed by atoms with Crippen molar-refractivity contribution in [3.8, 4) is 5.75 Å². The molecule has 0 radical (unpaired) electrons. The molecule has 0 saturated heterocycles. The molecule has 0 fully saturated rings. The van der Waals surface area contributed by atoms with Crippen LogP contribution < -0.4 is 0 Å². The van der Waals surface area contributed by atoms with Gasteiger partial charge in [0.2, 0.25) is 0 Å². The molecule has 92 valence electrons. The predicted molar refractivity (Wildman–Crippen MR) is 69.4 cm³/mol. The zero-order valence-corrected chi connectivity index (χ0v) is 10.5. The lowest BCUT2D eigenvalue weighted by molar-refractivity contribution is 0.196. The highest BCUT2D eigenvalue weighted by Crippen LogP contribution is 2.28. The minimum atomic E-state index is -0.372. The highest BCUT2D eigenvalue weighted by molar-refractivity contribution is 5.85. The van der Waals surface area contributed by atoms with Crippen molar-refractivity contribution in [2.45, 2.75) is 39.3 Å². The van der Waals surface area contributed by atoms with E-state index in [2.05, 4.69) is 24.6 Å². The van der Waals surface area contributed by atoms with E-state index in [-0.39, 0.29) is 11.9 Å². The van der Waals surface area contributed by atoms with Gasteiger partial charge >= 0.3 is 0 Å². The van der Waals surface area contributed by atoms with Gasteiger partial charge in [0.1, 0.15) is 5.75 Å². The maximum Gasteiger partial charge on any atom is 0.116 e. The first-order chi connectivity index (χ1) is 7.99. The number of nitrogens with zero attached hydrogens (tertiary/aromatic N) is 1. The van der Waals surface area contributed by atoms with Crippen LogP contribution in [0.25, 0.3) is 10.9 Å². The van der Waals surface area contributed by atoms with Gasteiger partial charge < -0.3 is 14.8 Å². The van der Waals surface area contributed by atoms with E-state index in [1.54, 1.807) is 19.1 Å². The predicted octanol–water partition coefficient (Wildman–Crippen LogP) is 2.85. The molecule has 0 aliphatic rings. The average molecular weight is 233 g/mol. The third-order valence-electron chi connectivity index (χ3n) is 2.97. The van der Waals surface area contributed by atoms with Crippen molar-refractivity contribution < 1.29 is 10.2 Å². The zero-order chi connectivity index (χ0) is 12.6. The molecule has 17 heavy (non-hydrogen) atoms. The molecule has 1 atom stereocenters. The summed E-state index contributed by atoms with van der Waals surface area (Å²) in [4.78, 5) is 0. The van der Waals surface area contributed by atoms with Crippen molar-refractivity contribution >= 4 is 10.9 Å². The molecular weight excluding hydrogens is 214 g/mol. The highest BCUT2D eigenvalue weighted by Gasteiger charge is 2.12. The fourth-order valence-electron chi connectivity index (χ4n) is 2.22. The van der Waals surface area contributed by atoms with Crippen molar-refractivity contribution in [3.05, 3.63) is 30.0 Å². The van der Waals surface area contributed by atoms with Crippen LogP contribution in [0.3, 0.4) is 0 Å². The van der Waals surface area contributed by atoms with Gasteiger partial charge in [-0.1, -0.05) is 0 Å². The Hall–Kier alpha value is -1.48. The Kier molecular flexibility index (Phi) is 3.11. The second-order valence-electron chi connectivity index (χ2n) is 4.91. The summed E-state index contributed by atoms with van der Waals surface area (Å²) < 4.78 is 2.17. The Morgan fingerprint density at radius 3 is 2.53 bits per heavy atom. The molecular formula is C14H19NO2. The van der Waals surface area contributed by atoms with E-state index in [0.717, 1.165) is 16.5 Å². The smallest absolute Gasteiger partial charge is 0.116 e. The fourth-order valence-corrected chi connectivity index (χ4v) is 2.22. The second-order valence-corrected chi connectivity index (χ2v) is 4.91. The lowest BCUT2D eigenvalue weighted by atomic mass is 10.1. The normalized spacial score (nSPS) is 13.5. The van der Waals surface area contributed by atoms with Crippen LogP contribution in [0.15, 0.2) is 24.4 Å². The van der Waals surface area contributed by atoms with E-state index in [1.165, 1.54) is 0 Å². The van der Waals surface area contributed by atoms with Gasteiger partial charge in [-0.2, -0.15) is 0 Å². The molecule has 1 heterocycles. The summed E-state index contributed by atoms with van der Waals surface area (Å²) in [7, 11) is 0. The topological polar surface area (TPSA) is 45.4 Å².